The SMILES string of the molecule is O=c1[nH]c2c(n1-c1ccc(Oc3ccccc3)cc1)C(NO)N=CN2. The zero-order valence-electron chi connectivity index (χ0n) is 13.0. The van der Waals surface area contributed by atoms with Gasteiger partial charge in [-0.1, -0.05) is 18.2 Å². The van der Waals surface area contributed by atoms with Gasteiger partial charge in [-0.05, 0) is 36.4 Å². The highest BCUT2D eigenvalue weighted by Crippen LogP contribution is 2.27. The fourth-order valence-electron chi connectivity index (χ4n) is 2.70. The minimum Gasteiger partial charge on any atom is -0.457 e. The van der Waals surface area contributed by atoms with Gasteiger partial charge in [-0.25, -0.2) is 9.79 Å². The molecule has 0 fully saturated rings. The molecule has 8 nitrogen and oxygen atoms in total. The molecule has 4 rings (SSSR count). The summed E-state index contributed by atoms with van der Waals surface area (Å²) in [4.78, 5) is 19.1. The lowest BCUT2D eigenvalue weighted by Crippen LogP contribution is -2.25. The monoisotopic (exact) mass is 337 g/mol. The van der Waals surface area contributed by atoms with Gasteiger partial charge in [-0.3, -0.25) is 9.55 Å². The zero-order chi connectivity index (χ0) is 17.2. The van der Waals surface area contributed by atoms with Crippen LogP contribution in [0.15, 0.2) is 64.4 Å². The number of nitrogens with zero attached hydrogens (tertiary/aromatic N) is 2. The Kier molecular flexibility index (Phi) is 3.81. The van der Waals surface area contributed by atoms with Gasteiger partial charge in [0.1, 0.15) is 23.0 Å². The first-order valence-corrected chi connectivity index (χ1v) is 7.62. The molecule has 126 valence electrons. The molecule has 0 amide bonds. The molecule has 3 aromatic rings. The Morgan fingerprint density at radius 3 is 2.52 bits per heavy atom. The maximum absolute atomic E-state index is 12.3. The van der Waals surface area contributed by atoms with Gasteiger partial charge in [0.05, 0.1) is 12.0 Å². The number of ether oxygens (including phenoxy) is 1. The van der Waals surface area contributed by atoms with Crippen LogP contribution in [0.4, 0.5) is 5.82 Å². The maximum atomic E-state index is 12.3. The van der Waals surface area contributed by atoms with Gasteiger partial charge in [0.2, 0.25) is 0 Å². The molecule has 1 aromatic heterocycles. The number of imidazole rings is 1. The van der Waals surface area contributed by atoms with Crippen molar-refractivity contribution in [3.8, 4) is 17.2 Å². The van der Waals surface area contributed by atoms with Crippen molar-refractivity contribution in [3.05, 3.63) is 70.8 Å². The van der Waals surface area contributed by atoms with Crippen LogP contribution in [0.25, 0.3) is 5.69 Å². The molecule has 2 heterocycles. The molecule has 25 heavy (non-hydrogen) atoms. The molecule has 2 aromatic carbocycles. The molecule has 0 radical (unpaired) electrons. The summed E-state index contributed by atoms with van der Waals surface area (Å²) < 4.78 is 7.20. The van der Waals surface area contributed by atoms with Gasteiger partial charge >= 0.3 is 5.69 Å². The maximum Gasteiger partial charge on any atom is 0.332 e. The molecule has 4 N–H and O–H groups in total. The Morgan fingerprint density at radius 1 is 1.08 bits per heavy atom. The Balaban J connectivity index is 1.68. The Labute approximate surface area is 142 Å². The fraction of sp³-hybridized carbons (Fsp3) is 0.0588. The van der Waals surface area contributed by atoms with Crippen molar-refractivity contribution in [2.75, 3.05) is 5.32 Å². The lowest BCUT2D eigenvalue weighted by Gasteiger charge is -2.18. The topological polar surface area (TPSA) is 104 Å². The van der Waals surface area contributed by atoms with Crippen molar-refractivity contribution in [2.45, 2.75) is 6.17 Å². The van der Waals surface area contributed by atoms with Crippen molar-refractivity contribution < 1.29 is 9.94 Å². The van der Waals surface area contributed by atoms with Crippen molar-refractivity contribution >= 4 is 12.2 Å². The number of nitrogens with one attached hydrogen (secondary N) is 3. The van der Waals surface area contributed by atoms with Crippen LogP contribution in [-0.2, 0) is 0 Å². The van der Waals surface area contributed by atoms with Gasteiger partial charge in [0, 0.05) is 0 Å². The zero-order valence-corrected chi connectivity index (χ0v) is 13.0. The first-order valence-electron chi connectivity index (χ1n) is 7.62. The van der Waals surface area contributed by atoms with Gasteiger partial charge in [0.15, 0.2) is 6.17 Å². The number of rotatable bonds is 4. The third-order valence-corrected chi connectivity index (χ3v) is 3.82. The summed E-state index contributed by atoms with van der Waals surface area (Å²) in [5.74, 6) is 1.87. The molecule has 1 aliphatic rings. The van der Waals surface area contributed by atoms with E-state index in [9.17, 15) is 10.0 Å². The van der Waals surface area contributed by atoms with E-state index in [0.29, 0.717) is 22.9 Å². The predicted molar refractivity (Wildman–Crippen MR) is 92.7 cm³/mol. The molecule has 1 atom stereocenters. The summed E-state index contributed by atoms with van der Waals surface area (Å²) >= 11 is 0. The van der Waals surface area contributed by atoms with E-state index >= 15 is 0 Å². The second-order valence-electron chi connectivity index (χ2n) is 5.39. The summed E-state index contributed by atoms with van der Waals surface area (Å²) in [5.41, 5.74) is 2.87. The number of aromatic amines is 1. The van der Waals surface area contributed by atoms with E-state index in [1.54, 1.807) is 24.3 Å². The van der Waals surface area contributed by atoms with Crippen LogP contribution in [0, 0.1) is 0 Å². The van der Waals surface area contributed by atoms with E-state index in [1.165, 1.54) is 10.9 Å². The summed E-state index contributed by atoms with van der Waals surface area (Å²) in [6.07, 6.45) is 0.670. The van der Waals surface area contributed by atoms with Crippen LogP contribution in [-0.4, -0.2) is 21.1 Å². The molecule has 0 saturated heterocycles. The molecule has 0 bridgehead atoms. The number of aromatic nitrogens is 2. The summed E-state index contributed by atoms with van der Waals surface area (Å²) in [6.45, 7) is 0. The Morgan fingerprint density at radius 2 is 1.80 bits per heavy atom. The number of benzene rings is 2. The van der Waals surface area contributed by atoms with E-state index < -0.39 is 6.17 Å². The fourth-order valence-corrected chi connectivity index (χ4v) is 2.70. The van der Waals surface area contributed by atoms with Crippen molar-refractivity contribution in [3.63, 3.8) is 0 Å². The summed E-state index contributed by atoms with van der Waals surface area (Å²) in [5, 5.41) is 12.1. The van der Waals surface area contributed by atoms with E-state index in [1.807, 2.05) is 30.3 Å². The molecule has 0 aliphatic carbocycles. The van der Waals surface area contributed by atoms with Crippen LogP contribution in [0.2, 0.25) is 0 Å². The van der Waals surface area contributed by atoms with Crippen molar-refractivity contribution in [1.82, 2.24) is 15.0 Å². The van der Waals surface area contributed by atoms with Crippen LogP contribution in [0.5, 0.6) is 11.5 Å². The number of hydroxylamine groups is 1. The molecule has 1 aliphatic heterocycles. The molecule has 1 unspecified atom stereocenters. The highest BCUT2D eigenvalue weighted by molar-refractivity contribution is 5.78. The first kappa shape index (κ1) is 15.2. The highest BCUT2D eigenvalue weighted by Gasteiger charge is 2.25. The molecule has 0 saturated carbocycles. The number of para-hydroxylation sites is 1. The quantitative estimate of drug-likeness (QED) is 0.547. The molecular weight excluding hydrogens is 322 g/mol. The third kappa shape index (κ3) is 2.80. The number of H-pyrrole nitrogens is 1. The van der Waals surface area contributed by atoms with E-state index in [4.69, 9.17) is 4.74 Å². The smallest absolute Gasteiger partial charge is 0.332 e. The van der Waals surface area contributed by atoms with Crippen molar-refractivity contribution in [1.29, 1.82) is 0 Å². The van der Waals surface area contributed by atoms with E-state index in [-0.39, 0.29) is 5.69 Å². The van der Waals surface area contributed by atoms with Gasteiger partial charge < -0.3 is 15.3 Å². The summed E-state index contributed by atoms with van der Waals surface area (Å²) in [6, 6.07) is 16.5. The highest BCUT2D eigenvalue weighted by atomic mass is 16.5. The second kappa shape index (κ2) is 6.27. The standard InChI is InChI=1S/C17H15N5O3/c23-17-20-15-14(16(21-24)19-10-18-15)22(17)11-6-8-13(9-7-11)25-12-4-2-1-3-5-12/h1-10,16,21,24H,(H,18,19)(H,20,23). The second-order valence-corrected chi connectivity index (χ2v) is 5.39. The number of hydrogen-bond acceptors (Lipinski definition) is 6. The van der Waals surface area contributed by atoms with Crippen LogP contribution >= 0.6 is 0 Å². The first-order chi connectivity index (χ1) is 12.3. The number of fused-ring (bicyclic) bond motifs is 1. The van der Waals surface area contributed by atoms with E-state index in [2.05, 4.69) is 20.8 Å². The number of anilines is 1. The van der Waals surface area contributed by atoms with Crippen LogP contribution < -0.4 is 21.2 Å². The lowest BCUT2D eigenvalue weighted by molar-refractivity contribution is 0.127. The summed E-state index contributed by atoms with van der Waals surface area (Å²) in [7, 11) is 0. The van der Waals surface area contributed by atoms with Gasteiger partial charge in [-0.2, -0.15) is 5.48 Å². The minimum atomic E-state index is -0.740. The normalized spacial score (nSPS) is 15.5. The molecular formula is C17H15N5O3. The lowest BCUT2D eigenvalue weighted by atomic mass is 10.2. The Hall–Kier alpha value is -3.36. The van der Waals surface area contributed by atoms with Crippen LogP contribution in [0.1, 0.15) is 11.9 Å². The average molecular weight is 337 g/mol. The molecule has 8 heteroatoms. The molecule has 0 spiro atoms. The predicted octanol–water partition coefficient (Wildman–Crippen LogP) is 2.39. The Bertz CT molecular complexity index is 960. The third-order valence-electron chi connectivity index (χ3n) is 3.82. The van der Waals surface area contributed by atoms with Crippen LogP contribution in [0.3, 0.4) is 0 Å². The largest absolute Gasteiger partial charge is 0.457 e. The number of aliphatic imine (C=N–C) groups is 1. The van der Waals surface area contributed by atoms with E-state index in [0.717, 1.165) is 5.75 Å². The minimum absolute atomic E-state index is 0.333. The van der Waals surface area contributed by atoms with Crippen molar-refractivity contribution in [2.24, 2.45) is 4.99 Å². The number of hydrogen-bond donors (Lipinski definition) is 4. The van der Waals surface area contributed by atoms with Gasteiger partial charge in [-0.15, -0.1) is 0 Å². The van der Waals surface area contributed by atoms with Gasteiger partial charge in [0.25, 0.3) is 0 Å². The average Bonchev–Trinajstić information content (AvgIpc) is 2.99.